The molecule has 2 nitrogen and oxygen atoms in total. The van der Waals surface area contributed by atoms with Crippen LogP contribution in [0, 0.1) is 17.8 Å². The van der Waals surface area contributed by atoms with E-state index in [1.54, 1.807) is 0 Å². The zero-order valence-corrected chi connectivity index (χ0v) is 16.0. The van der Waals surface area contributed by atoms with Gasteiger partial charge in [-0.25, -0.2) is 8.78 Å². The van der Waals surface area contributed by atoms with Gasteiger partial charge in [0.2, 0.25) is 0 Å². The maximum atomic E-state index is 14.6. The number of fused-ring (bicyclic) bond motifs is 1. The van der Waals surface area contributed by atoms with Gasteiger partial charge in [0, 0.05) is 6.61 Å². The molecular weight excluding hydrogens is 322 g/mol. The van der Waals surface area contributed by atoms with E-state index in [9.17, 15) is 8.78 Å². The van der Waals surface area contributed by atoms with E-state index in [2.05, 4.69) is 6.92 Å². The van der Waals surface area contributed by atoms with E-state index >= 15 is 0 Å². The number of unbranched alkanes of at least 4 members (excludes halogenated alkanes) is 1. The van der Waals surface area contributed by atoms with E-state index in [0.29, 0.717) is 18.9 Å². The first-order valence-electron chi connectivity index (χ1n) is 10.7. The van der Waals surface area contributed by atoms with E-state index < -0.39 is 24.6 Å². The lowest BCUT2D eigenvalue weighted by Crippen LogP contribution is -2.55. The fraction of sp³-hybridized carbons (Fsp3) is 1.00. The molecule has 0 N–H and O–H groups in total. The van der Waals surface area contributed by atoms with E-state index in [-0.39, 0.29) is 12.0 Å². The summed E-state index contributed by atoms with van der Waals surface area (Å²) >= 11 is 0. The van der Waals surface area contributed by atoms with Crippen molar-refractivity contribution in [3.8, 4) is 0 Å². The summed E-state index contributed by atoms with van der Waals surface area (Å²) in [6.07, 6.45) is 7.46. The Balaban J connectivity index is 1.51. The lowest BCUT2D eigenvalue weighted by molar-refractivity contribution is -0.194. The van der Waals surface area contributed by atoms with Crippen molar-refractivity contribution >= 4 is 0 Å². The lowest BCUT2D eigenvalue weighted by Gasteiger charge is -2.47. The Morgan fingerprint density at radius 2 is 1.64 bits per heavy atom. The lowest BCUT2D eigenvalue weighted by atomic mass is 9.72. The van der Waals surface area contributed by atoms with Crippen molar-refractivity contribution in [1.29, 1.82) is 0 Å². The van der Waals surface area contributed by atoms with Crippen LogP contribution in [0.25, 0.3) is 0 Å². The van der Waals surface area contributed by atoms with Gasteiger partial charge in [0.15, 0.2) is 12.3 Å². The molecule has 0 radical (unpaired) electrons. The summed E-state index contributed by atoms with van der Waals surface area (Å²) < 4.78 is 40.6. The summed E-state index contributed by atoms with van der Waals surface area (Å²) in [5, 5.41) is 0. The van der Waals surface area contributed by atoms with Crippen molar-refractivity contribution < 1.29 is 18.3 Å². The molecule has 1 aliphatic heterocycles. The molecule has 3 aliphatic rings. The molecule has 25 heavy (non-hydrogen) atoms. The van der Waals surface area contributed by atoms with Gasteiger partial charge in [-0.2, -0.15) is 0 Å². The molecular formula is C21H36F2O2. The minimum atomic E-state index is -1.54. The van der Waals surface area contributed by atoms with Crippen LogP contribution in [0.3, 0.4) is 0 Å². The second kappa shape index (κ2) is 9.12. The van der Waals surface area contributed by atoms with Crippen LogP contribution in [0.4, 0.5) is 8.78 Å². The molecule has 4 heteroatoms. The number of alkyl halides is 2. The first kappa shape index (κ1) is 19.5. The fourth-order valence-electron chi connectivity index (χ4n) is 5.39. The third kappa shape index (κ3) is 4.55. The molecule has 1 saturated heterocycles. The van der Waals surface area contributed by atoms with E-state index in [4.69, 9.17) is 9.47 Å². The summed E-state index contributed by atoms with van der Waals surface area (Å²) in [7, 11) is 0. The summed E-state index contributed by atoms with van der Waals surface area (Å²) in [6.45, 7) is 4.54. The predicted molar refractivity (Wildman–Crippen MR) is 96.2 cm³/mol. The maximum Gasteiger partial charge on any atom is 0.160 e. The summed E-state index contributed by atoms with van der Waals surface area (Å²) in [6, 6.07) is 0. The zero-order valence-electron chi connectivity index (χ0n) is 16.0. The Bertz CT molecular complexity index is 395. The van der Waals surface area contributed by atoms with Crippen molar-refractivity contribution in [2.75, 3.05) is 6.61 Å². The van der Waals surface area contributed by atoms with Crippen LogP contribution in [-0.4, -0.2) is 37.3 Å². The number of hydrogen-bond donors (Lipinski definition) is 0. The monoisotopic (exact) mass is 358 g/mol. The van der Waals surface area contributed by atoms with Crippen LogP contribution in [0.5, 0.6) is 0 Å². The van der Waals surface area contributed by atoms with Crippen LogP contribution in [0.2, 0.25) is 0 Å². The average molecular weight is 359 g/mol. The highest BCUT2D eigenvalue weighted by molar-refractivity contribution is 4.98. The largest absolute Gasteiger partial charge is 0.375 e. The van der Waals surface area contributed by atoms with Gasteiger partial charge in [0.25, 0.3) is 0 Å². The van der Waals surface area contributed by atoms with E-state index in [0.717, 1.165) is 18.8 Å². The molecule has 2 aliphatic carbocycles. The number of halogens is 2. The molecule has 0 aromatic rings. The normalized spacial score (nSPS) is 45.1. The first-order chi connectivity index (χ1) is 12.1. The SMILES string of the molecule is CCCCC1CCC(C2CCC3CC(OCC)C(F)C(F)C3O2)CC1. The van der Waals surface area contributed by atoms with Crippen molar-refractivity contribution in [2.24, 2.45) is 17.8 Å². The molecule has 0 bridgehead atoms. The molecule has 1 heterocycles. The van der Waals surface area contributed by atoms with Gasteiger partial charge in [-0.3, -0.25) is 0 Å². The zero-order chi connectivity index (χ0) is 17.8. The highest BCUT2D eigenvalue weighted by atomic mass is 19.2. The predicted octanol–water partition coefficient (Wildman–Crippen LogP) is 5.63. The van der Waals surface area contributed by atoms with Gasteiger partial charge < -0.3 is 9.47 Å². The Morgan fingerprint density at radius 3 is 2.32 bits per heavy atom. The first-order valence-corrected chi connectivity index (χ1v) is 10.7. The molecule has 2 saturated carbocycles. The van der Waals surface area contributed by atoms with Crippen LogP contribution in [0.15, 0.2) is 0 Å². The minimum absolute atomic E-state index is 0.121. The second-order valence-electron chi connectivity index (χ2n) is 8.52. The van der Waals surface area contributed by atoms with Crippen molar-refractivity contribution in [3.63, 3.8) is 0 Å². The molecule has 0 aromatic carbocycles. The molecule has 0 aromatic heterocycles. The highest BCUT2D eigenvalue weighted by Crippen LogP contribution is 2.44. The molecule has 3 rings (SSSR count). The standard InChI is InChI=1S/C21H36F2O2/c1-3-5-6-14-7-9-15(10-8-14)17-12-11-16-13-18(24-4-2)19(22)20(23)21(16)25-17/h14-21H,3-13H2,1-2H3. The Labute approximate surface area is 152 Å². The number of hydrogen-bond acceptors (Lipinski definition) is 2. The van der Waals surface area contributed by atoms with Crippen LogP contribution in [0.1, 0.15) is 78.1 Å². The maximum absolute atomic E-state index is 14.6. The van der Waals surface area contributed by atoms with Crippen LogP contribution < -0.4 is 0 Å². The summed E-state index contributed by atoms with van der Waals surface area (Å²) in [5.74, 6) is 1.54. The van der Waals surface area contributed by atoms with Crippen LogP contribution in [-0.2, 0) is 9.47 Å². The second-order valence-corrected chi connectivity index (χ2v) is 8.52. The summed E-state index contributed by atoms with van der Waals surface area (Å²) in [5.41, 5.74) is 0. The Morgan fingerprint density at radius 1 is 0.920 bits per heavy atom. The number of rotatable bonds is 6. The van der Waals surface area contributed by atoms with Crippen LogP contribution >= 0.6 is 0 Å². The van der Waals surface area contributed by atoms with Crippen molar-refractivity contribution in [3.05, 3.63) is 0 Å². The van der Waals surface area contributed by atoms with Gasteiger partial charge >= 0.3 is 0 Å². The third-order valence-electron chi connectivity index (χ3n) is 6.89. The smallest absolute Gasteiger partial charge is 0.160 e. The Hall–Kier alpha value is -0.220. The average Bonchev–Trinajstić information content (AvgIpc) is 2.64. The topological polar surface area (TPSA) is 18.5 Å². The summed E-state index contributed by atoms with van der Waals surface area (Å²) in [4.78, 5) is 0. The molecule has 3 fully saturated rings. The highest BCUT2D eigenvalue weighted by Gasteiger charge is 2.50. The molecule has 6 unspecified atom stereocenters. The molecule has 6 atom stereocenters. The van der Waals surface area contributed by atoms with Gasteiger partial charge in [-0.05, 0) is 56.8 Å². The van der Waals surface area contributed by atoms with Gasteiger partial charge in [-0.15, -0.1) is 0 Å². The molecule has 146 valence electrons. The number of ether oxygens (including phenoxy) is 2. The Kier molecular flexibility index (Phi) is 7.13. The van der Waals surface area contributed by atoms with E-state index in [1.807, 2.05) is 6.92 Å². The van der Waals surface area contributed by atoms with Crippen molar-refractivity contribution in [2.45, 2.75) is 109 Å². The van der Waals surface area contributed by atoms with Gasteiger partial charge in [-0.1, -0.05) is 39.0 Å². The van der Waals surface area contributed by atoms with Gasteiger partial charge in [0.1, 0.15) is 0 Å². The minimum Gasteiger partial charge on any atom is -0.375 e. The fourth-order valence-corrected chi connectivity index (χ4v) is 5.39. The quantitative estimate of drug-likeness (QED) is 0.612. The van der Waals surface area contributed by atoms with Gasteiger partial charge in [0.05, 0.1) is 18.3 Å². The van der Waals surface area contributed by atoms with E-state index in [1.165, 1.54) is 44.9 Å². The molecule has 0 amide bonds. The molecule has 0 spiro atoms. The third-order valence-corrected chi connectivity index (χ3v) is 6.89. The van der Waals surface area contributed by atoms with Crippen molar-refractivity contribution in [1.82, 2.24) is 0 Å².